The highest BCUT2D eigenvalue weighted by atomic mass is 127. The second-order valence-electron chi connectivity index (χ2n) is 6.74. The van der Waals surface area contributed by atoms with Crippen molar-refractivity contribution in [2.45, 2.75) is 52.2 Å². The van der Waals surface area contributed by atoms with Crippen molar-refractivity contribution in [2.75, 3.05) is 24.6 Å². The summed E-state index contributed by atoms with van der Waals surface area (Å²) in [7, 11) is 1.98. The van der Waals surface area contributed by atoms with Crippen molar-refractivity contribution in [3.05, 3.63) is 17.0 Å². The lowest BCUT2D eigenvalue weighted by Crippen LogP contribution is -2.44. The summed E-state index contributed by atoms with van der Waals surface area (Å²) in [6.45, 7) is 9.62. The third kappa shape index (κ3) is 6.32. The summed E-state index contributed by atoms with van der Waals surface area (Å²) in [5, 5.41) is 21.7. The molecule has 0 saturated carbocycles. The third-order valence-corrected chi connectivity index (χ3v) is 5.74. The van der Waals surface area contributed by atoms with E-state index in [-0.39, 0.29) is 30.0 Å². The summed E-state index contributed by atoms with van der Waals surface area (Å²) in [6, 6.07) is 0.233. The van der Waals surface area contributed by atoms with Gasteiger partial charge in [0.15, 0.2) is 5.96 Å². The highest BCUT2D eigenvalue weighted by molar-refractivity contribution is 14.0. The standard InChI is InChI=1S/C17H31N5OS.HI/c1-6-18-16(19-10-17(23)7-8-24-11-17)20-12(2)9-15-13(3)21-22(5)14(15)4;/h12,23H,6-11H2,1-5H3,(H2,18,19,20);1H. The Morgan fingerprint density at radius 2 is 2.20 bits per heavy atom. The van der Waals surface area contributed by atoms with Crippen LogP contribution >= 0.6 is 35.7 Å². The Balaban J connectivity index is 0.00000312. The zero-order valence-electron chi connectivity index (χ0n) is 15.9. The fraction of sp³-hybridized carbons (Fsp3) is 0.765. The van der Waals surface area contributed by atoms with E-state index in [9.17, 15) is 5.11 Å². The van der Waals surface area contributed by atoms with Crippen molar-refractivity contribution in [1.29, 1.82) is 0 Å². The summed E-state index contributed by atoms with van der Waals surface area (Å²) >= 11 is 1.80. The van der Waals surface area contributed by atoms with Crippen LogP contribution in [0.25, 0.3) is 0 Å². The lowest BCUT2D eigenvalue weighted by atomic mass is 10.0. The molecule has 6 nitrogen and oxygen atoms in total. The molecule has 8 heteroatoms. The normalized spacial score (nSPS) is 21.8. The quantitative estimate of drug-likeness (QED) is 0.330. The number of aryl methyl sites for hydroxylation is 2. The summed E-state index contributed by atoms with van der Waals surface area (Å²) in [5.41, 5.74) is 2.94. The minimum atomic E-state index is -0.646. The van der Waals surface area contributed by atoms with Gasteiger partial charge in [-0.3, -0.25) is 9.67 Å². The van der Waals surface area contributed by atoms with Gasteiger partial charge in [0.1, 0.15) is 0 Å². The van der Waals surface area contributed by atoms with Crippen molar-refractivity contribution in [3.63, 3.8) is 0 Å². The summed E-state index contributed by atoms with van der Waals surface area (Å²) in [4.78, 5) is 4.61. The molecule has 0 radical (unpaired) electrons. The first-order chi connectivity index (χ1) is 11.3. The minimum absolute atomic E-state index is 0. The Hall–Kier alpha value is -0.480. The molecule has 1 aromatic heterocycles. The van der Waals surface area contributed by atoms with Crippen molar-refractivity contribution in [1.82, 2.24) is 20.4 Å². The molecule has 1 fully saturated rings. The van der Waals surface area contributed by atoms with Crippen LogP contribution in [0.1, 0.15) is 37.2 Å². The van der Waals surface area contributed by atoms with Crippen molar-refractivity contribution in [3.8, 4) is 0 Å². The van der Waals surface area contributed by atoms with Gasteiger partial charge < -0.3 is 15.7 Å². The van der Waals surface area contributed by atoms with Crippen LogP contribution < -0.4 is 10.6 Å². The molecular formula is C17H32IN5OS. The molecule has 1 saturated heterocycles. The molecule has 0 bridgehead atoms. The van der Waals surface area contributed by atoms with E-state index in [1.54, 1.807) is 11.8 Å². The molecule has 25 heavy (non-hydrogen) atoms. The lowest BCUT2D eigenvalue weighted by molar-refractivity contribution is 0.0778. The SMILES string of the molecule is CCNC(=NCC1(O)CCSC1)NC(C)Cc1c(C)nn(C)c1C.I. The fourth-order valence-corrected chi connectivity index (χ4v) is 4.26. The molecule has 3 N–H and O–H groups in total. The lowest BCUT2D eigenvalue weighted by Gasteiger charge is -2.22. The van der Waals surface area contributed by atoms with E-state index in [1.807, 2.05) is 11.7 Å². The number of rotatable bonds is 6. The van der Waals surface area contributed by atoms with E-state index in [1.165, 1.54) is 11.3 Å². The number of aromatic nitrogens is 2. The number of guanidine groups is 1. The average Bonchev–Trinajstić information content (AvgIpc) is 3.05. The Labute approximate surface area is 172 Å². The molecular weight excluding hydrogens is 449 g/mol. The minimum Gasteiger partial charge on any atom is -0.387 e. The van der Waals surface area contributed by atoms with Crippen LogP contribution in [0.4, 0.5) is 0 Å². The first kappa shape index (κ1) is 22.6. The van der Waals surface area contributed by atoms with Crippen LogP contribution in [0.5, 0.6) is 0 Å². The topological polar surface area (TPSA) is 74.5 Å². The molecule has 2 rings (SSSR count). The number of nitrogens with one attached hydrogen (secondary N) is 2. The first-order valence-corrected chi connectivity index (χ1v) is 9.84. The van der Waals surface area contributed by atoms with Crippen LogP contribution in [-0.4, -0.2) is 57.1 Å². The van der Waals surface area contributed by atoms with Crippen LogP contribution in [-0.2, 0) is 13.5 Å². The van der Waals surface area contributed by atoms with Crippen molar-refractivity contribution >= 4 is 41.7 Å². The number of hydrogen-bond donors (Lipinski definition) is 3. The van der Waals surface area contributed by atoms with Gasteiger partial charge in [0.05, 0.1) is 17.8 Å². The molecule has 2 heterocycles. The van der Waals surface area contributed by atoms with Crippen LogP contribution in [0, 0.1) is 13.8 Å². The molecule has 0 aliphatic carbocycles. The first-order valence-electron chi connectivity index (χ1n) is 8.68. The number of aliphatic hydroxyl groups is 1. The summed E-state index contributed by atoms with van der Waals surface area (Å²) in [5.74, 6) is 2.57. The highest BCUT2D eigenvalue weighted by Gasteiger charge is 2.31. The maximum absolute atomic E-state index is 10.5. The monoisotopic (exact) mass is 481 g/mol. The van der Waals surface area contributed by atoms with Gasteiger partial charge in [-0.05, 0) is 51.9 Å². The Morgan fingerprint density at radius 1 is 1.48 bits per heavy atom. The van der Waals surface area contributed by atoms with E-state index in [0.717, 1.165) is 42.5 Å². The zero-order chi connectivity index (χ0) is 17.7. The van der Waals surface area contributed by atoms with Gasteiger partial charge in [-0.25, -0.2) is 0 Å². The van der Waals surface area contributed by atoms with E-state index >= 15 is 0 Å². The predicted octanol–water partition coefficient (Wildman–Crippen LogP) is 2.01. The molecule has 0 aromatic carbocycles. The van der Waals surface area contributed by atoms with Gasteiger partial charge in [0.25, 0.3) is 0 Å². The van der Waals surface area contributed by atoms with Crippen molar-refractivity contribution in [2.24, 2.45) is 12.0 Å². The van der Waals surface area contributed by atoms with Gasteiger partial charge >= 0.3 is 0 Å². The molecule has 1 aliphatic heterocycles. The second kappa shape index (κ2) is 10.0. The highest BCUT2D eigenvalue weighted by Crippen LogP contribution is 2.27. The Bertz CT molecular complexity index is 584. The van der Waals surface area contributed by atoms with Gasteiger partial charge in [-0.1, -0.05) is 0 Å². The van der Waals surface area contributed by atoms with E-state index in [2.05, 4.69) is 48.4 Å². The van der Waals surface area contributed by atoms with Gasteiger partial charge in [-0.15, -0.1) is 24.0 Å². The fourth-order valence-electron chi connectivity index (χ4n) is 2.97. The smallest absolute Gasteiger partial charge is 0.191 e. The molecule has 0 amide bonds. The summed E-state index contributed by atoms with van der Waals surface area (Å²) in [6.07, 6.45) is 1.72. The van der Waals surface area contributed by atoms with Gasteiger partial charge in [-0.2, -0.15) is 16.9 Å². The van der Waals surface area contributed by atoms with Crippen LogP contribution in [0.15, 0.2) is 4.99 Å². The largest absolute Gasteiger partial charge is 0.387 e. The maximum Gasteiger partial charge on any atom is 0.191 e. The van der Waals surface area contributed by atoms with Crippen molar-refractivity contribution < 1.29 is 5.11 Å². The molecule has 2 atom stereocenters. The van der Waals surface area contributed by atoms with Crippen LogP contribution in [0.3, 0.4) is 0 Å². The van der Waals surface area contributed by atoms with E-state index in [0.29, 0.717) is 6.54 Å². The second-order valence-corrected chi connectivity index (χ2v) is 7.85. The Kier molecular flexibility index (Phi) is 9.03. The maximum atomic E-state index is 10.5. The molecule has 144 valence electrons. The molecule has 1 aliphatic rings. The number of thioether (sulfide) groups is 1. The molecule has 2 unspecified atom stereocenters. The number of aliphatic imine (C=N–C) groups is 1. The summed E-state index contributed by atoms with van der Waals surface area (Å²) < 4.78 is 1.93. The van der Waals surface area contributed by atoms with E-state index in [4.69, 9.17) is 0 Å². The zero-order valence-corrected chi connectivity index (χ0v) is 19.1. The molecule has 1 aromatic rings. The average molecular weight is 481 g/mol. The number of hydrogen-bond acceptors (Lipinski definition) is 4. The van der Waals surface area contributed by atoms with Gasteiger partial charge in [0.2, 0.25) is 0 Å². The predicted molar refractivity (Wildman–Crippen MR) is 117 cm³/mol. The van der Waals surface area contributed by atoms with E-state index < -0.39 is 5.60 Å². The van der Waals surface area contributed by atoms with Gasteiger partial charge in [0, 0.05) is 31.1 Å². The van der Waals surface area contributed by atoms with Crippen LogP contribution in [0.2, 0.25) is 0 Å². The number of nitrogens with zero attached hydrogens (tertiary/aromatic N) is 3. The number of halogens is 1. The third-order valence-electron chi connectivity index (χ3n) is 4.51. The molecule has 0 spiro atoms. The Morgan fingerprint density at radius 3 is 2.72 bits per heavy atom.